The molecule has 4 heterocycles. The molecule has 2 N–H and O–H groups in total. The van der Waals surface area contributed by atoms with Crippen molar-refractivity contribution < 1.29 is 4.74 Å². The molecule has 1 saturated heterocycles. The first kappa shape index (κ1) is 9.35. The van der Waals surface area contributed by atoms with Crippen LogP contribution in [0.1, 0.15) is 37.7 Å². The fourth-order valence-electron chi connectivity index (χ4n) is 2.92. The molecule has 0 saturated carbocycles. The second-order valence-electron chi connectivity index (χ2n) is 4.77. The molecule has 3 atom stereocenters. The van der Waals surface area contributed by atoms with Gasteiger partial charge in [0.1, 0.15) is 18.4 Å². The molecule has 2 bridgehead atoms. The Morgan fingerprint density at radius 3 is 3.18 bits per heavy atom. The molecule has 0 aliphatic carbocycles. The molecule has 2 aliphatic rings. The second kappa shape index (κ2) is 2.95. The number of hydrogen-bond donors (Lipinski definition) is 1. The summed E-state index contributed by atoms with van der Waals surface area (Å²) in [5.74, 6) is 1.77. The topological polar surface area (TPSA) is 78.9 Å². The Bertz CT molecular complexity index is 607. The number of imidazole rings is 1. The van der Waals surface area contributed by atoms with Gasteiger partial charge in [0.15, 0.2) is 17.0 Å². The predicted octanol–water partition coefficient (Wildman–Crippen LogP) is 1.20. The first-order valence-corrected chi connectivity index (χ1v) is 5.89. The Kier molecular flexibility index (Phi) is 1.62. The SMILES string of the molecule is CC1c2nc3c(N)ncnc3n2C2CCC1O2. The van der Waals surface area contributed by atoms with Gasteiger partial charge in [0, 0.05) is 5.92 Å². The summed E-state index contributed by atoms with van der Waals surface area (Å²) in [6, 6.07) is 0. The Hall–Kier alpha value is -1.69. The normalized spacial score (nSPS) is 30.8. The predicted molar refractivity (Wildman–Crippen MR) is 61.3 cm³/mol. The average Bonchev–Trinajstić information content (AvgIpc) is 2.89. The number of hydrogen-bond acceptors (Lipinski definition) is 5. The number of nitrogens with zero attached hydrogens (tertiary/aromatic N) is 4. The smallest absolute Gasteiger partial charge is 0.167 e. The van der Waals surface area contributed by atoms with Crippen molar-refractivity contribution in [1.82, 2.24) is 19.5 Å². The largest absolute Gasteiger partial charge is 0.382 e. The van der Waals surface area contributed by atoms with E-state index in [2.05, 4.69) is 26.4 Å². The number of fused-ring (bicyclic) bond motifs is 6. The van der Waals surface area contributed by atoms with Gasteiger partial charge in [0.05, 0.1) is 6.10 Å². The van der Waals surface area contributed by atoms with Gasteiger partial charge in [-0.15, -0.1) is 0 Å². The molecule has 2 aliphatic heterocycles. The van der Waals surface area contributed by atoms with E-state index in [1.54, 1.807) is 0 Å². The number of nitrogens with two attached hydrogens (primary N) is 1. The summed E-state index contributed by atoms with van der Waals surface area (Å²) in [7, 11) is 0. The molecule has 0 radical (unpaired) electrons. The lowest BCUT2D eigenvalue weighted by Crippen LogP contribution is -2.26. The van der Waals surface area contributed by atoms with E-state index < -0.39 is 0 Å². The van der Waals surface area contributed by atoms with Crippen molar-refractivity contribution in [2.24, 2.45) is 0 Å². The van der Waals surface area contributed by atoms with Crippen molar-refractivity contribution in [2.45, 2.75) is 38.0 Å². The van der Waals surface area contributed by atoms with Gasteiger partial charge >= 0.3 is 0 Å². The van der Waals surface area contributed by atoms with Gasteiger partial charge in [-0.1, -0.05) is 6.92 Å². The highest BCUT2D eigenvalue weighted by molar-refractivity contribution is 5.82. The number of anilines is 1. The Morgan fingerprint density at radius 1 is 1.41 bits per heavy atom. The molecule has 4 rings (SSSR count). The highest BCUT2D eigenvalue weighted by atomic mass is 16.5. The molecular formula is C11H13N5O. The molecule has 6 heteroatoms. The molecule has 17 heavy (non-hydrogen) atoms. The summed E-state index contributed by atoms with van der Waals surface area (Å²) in [5, 5.41) is 0. The maximum atomic E-state index is 5.96. The summed E-state index contributed by atoms with van der Waals surface area (Å²) < 4.78 is 8.05. The Labute approximate surface area is 97.8 Å². The minimum absolute atomic E-state index is 0.0745. The van der Waals surface area contributed by atoms with Crippen LogP contribution in [-0.2, 0) is 4.74 Å². The minimum Gasteiger partial charge on any atom is -0.382 e. The van der Waals surface area contributed by atoms with Crippen LogP contribution in [0.3, 0.4) is 0 Å². The number of rotatable bonds is 0. The number of ether oxygens (including phenoxy) is 1. The van der Waals surface area contributed by atoms with Crippen LogP contribution >= 0.6 is 0 Å². The van der Waals surface area contributed by atoms with Gasteiger partial charge in [-0.05, 0) is 12.8 Å². The third-order valence-corrected chi connectivity index (χ3v) is 3.82. The molecule has 88 valence electrons. The summed E-state index contributed by atoms with van der Waals surface area (Å²) >= 11 is 0. The van der Waals surface area contributed by atoms with Gasteiger partial charge in [-0.2, -0.15) is 0 Å². The molecule has 6 nitrogen and oxygen atoms in total. The fourth-order valence-corrected chi connectivity index (χ4v) is 2.92. The molecule has 1 fully saturated rings. The number of nitrogen functional groups attached to an aromatic ring is 1. The number of aromatic nitrogens is 4. The van der Waals surface area contributed by atoms with Gasteiger partial charge in [0.2, 0.25) is 0 Å². The fraction of sp³-hybridized carbons (Fsp3) is 0.545. The van der Waals surface area contributed by atoms with Crippen molar-refractivity contribution in [3.8, 4) is 0 Å². The lowest BCUT2D eigenvalue weighted by Gasteiger charge is -2.27. The monoisotopic (exact) mass is 231 g/mol. The van der Waals surface area contributed by atoms with Crippen LogP contribution in [0, 0.1) is 0 Å². The van der Waals surface area contributed by atoms with Crippen LogP contribution in [0.2, 0.25) is 0 Å². The zero-order chi connectivity index (χ0) is 11.6. The summed E-state index contributed by atoms with van der Waals surface area (Å²) in [6.45, 7) is 2.15. The Morgan fingerprint density at radius 2 is 2.29 bits per heavy atom. The third kappa shape index (κ3) is 1.06. The molecule has 0 spiro atoms. The van der Waals surface area contributed by atoms with Crippen LogP contribution < -0.4 is 5.73 Å². The molecule has 2 aromatic heterocycles. The van der Waals surface area contributed by atoms with Crippen molar-refractivity contribution >= 4 is 17.0 Å². The van der Waals surface area contributed by atoms with Crippen LogP contribution in [0.15, 0.2) is 6.33 Å². The van der Waals surface area contributed by atoms with Gasteiger partial charge in [-0.3, -0.25) is 4.57 Å². The highest BCUT2D eigenvalue weighted by Gasteiger charge is 2.41. The maximum absolute atomic E-state index is 5.96. The average molecular weight is 231 g/mol. The van der Waals surface area contributed by atoms with Crippen molar-refractivity contribution in [1.29, 1.82) is 0 Å². The van der Waals surface area contributed by atoms with E-state index in [0.717, 1.165) is 24.3 Å². The van der Waals surface area contributed by atoms with Crippen LogP contribution in [-0.4, -0.2) is 25.6 Å². The van der Waals surface area contributed by atoms with Crippen LogP contribution in [0.4, 0.5) is 5.82 Å². The molecule has 2 aromatic rings. The zero-order valence-corrected chi connectivity index (χ0v) is 9.50. The quantitative estimate of drug-likeness (QED) is 0.737. The van der Waals surface area contributed by atoms with E-state index in [0.29, 0.717) is 23.4 Å². The first-order chi connectivity index (χ1) is 8.25. The molecule has 0 amide bonds. The maximum Gasteiger partial charge on any atom is 0.167 e. The van der Waals surface area contributed by atoms with E-state index in [1.165, 1.54) is 6.33 Å². The van der Waals surface area contributed by atoms with E-state index in [4.69, 9.17) is 10.5 Å². The first-order valence-electron chi connectivity index (χ1n) is 5.89. The second-order valence-corrected chi connectivity index (χ2v) is 4.77. The lowest BCUT2D eigenvalue weighted by molar-refractivity contribution is -0.0311. The van der Waals surface area contributed by atoms with Crippen molar-refractivity contribution in [3.63, 3.8) is 0 Å². The van der Waals surface area contributed by atoms with Crippen molar-refractivity contribution in [2.75, 3.05) is 5.73 Å². The van der Waals surface area contributed by atoms with E-state index in [9.17, 15) is 0 Å². The highest BCUT2D eigenvalue weighted by Crippen LogP contribution is 2.44. The van der Waals surface area contributed by atoms with Crippen LogP contribution in [0.25, 0.3) is 11.2 Å². The van der Waals surface area contributed by atoms with E-state index in [-0.39, 0.29) is 6.23 Å². The third-order valence-electron chi connectivity index (χ3n) is 3.82. The van der Waals surface area contributed by atoms with E-state index >= 15 is 0 Å². The minimum atomic E-state index is 0.0745. The summed E-state index contributed by atoms with van der Waals surface area (Å²) in [5.41, 5.74) is 7.34. The molecule has 0 aromatic carbocycles. The standard InChI is InChI=1S/C11H13N5O/c1-5-6-2-3-7(17-6)16-10(5)15-8-9(12)13-4-14-11(8)16/h4-7H,2-3H2,1H3,(H2,12,13,14). The molecule has 3 unspecified atom stereocenters. The summed E-state index contributed by atoms with van der Waals surface area (Å²) in [6.07, 6.45) is 3.97. The Balaban J connectivity index is 2.07. The lowest BCUT2D eigenvalue weighted by atomic mass is 10.0. The zero-order valence-electron chi connectivity index (χ0n) is 9.50. The summed E-state index contributed by atoms with van der Waals surface area (Å²) in [4.78, 5) is 12.9. The van der Waals surface area contributed by atoms with Gasteiger partial charge in [-0.25, -0.2) is 15.0 Å². The van der Waals surface area contributed by atoms with Crippen LogP contribution in [0.5, 0.6) is 0 Å². The van der Waals surface area contributed by atoms with Crippen molar-refractivity contribution in [3.05, 3.63) is 12.2 Å². The molecular weight excluding hydrogens is 218 g/mol. The van der Waals surface area contributed by atoms with Gasteiger partial charge < -0.3 is 10.5 Å². The van der Waals surface area contributed by atoms with E-state index in [1.807, 2.05) is 0 Å². The van der Waals surface area contributed by atoms with Gasteiger partial charge in [0.25, 0.3) is 0 Å².